The lowest BCUT2D eigenvalue weighted by atomic mass is 10.2. The molecule has 0 unspecified atom stereocenters. The topological polar surface area (TPSA) is 0 Å². The SMILES string of the molecule is CC(C)(C)[Si](c1c[c][c]cc1)(C(C)(C)C)C(C)(C)C. The average molecular weight is 275 g/mol. The summed E-state index contributed by atoms with van der Waals surface area (Å²) in [5, 5.41) is 2.38. The molecule has 0 saturated heterocycles. The van der Waals surface area contributed by atoms with Crippen molar-refractivity contribution in [2.45, 2.75) is 77.4 Å². The van der Waals surface area contributed by atoms with Crippen molar-refractivity contribution in [3.8, 4) is 0 Å². The summed E-state index contributed by atoms with van der Waals surface area (Å²) in [6, 6.07) is 12.7. The third-order valence-electron chi connectivity index (χ3n) is 4.47. The Morgan fingerprint density at radius 1 is 0.737 bits per heavy atom. The standard InChI is InChI=1S/C18H30Si/c1-16(2,3)19(17(4,5)6,18(7,8)9)15-13-11-10-12-14-15/h11,13-14H,1-9H3. The minimum Gasteiger partial charge on any atom is -0.0623 e. The fourth-order valence-electron chi connectivity index (χ4n) is 5.25. The third kappa shape index (κ3) is 2.54. The van der Waals surface area contributed by atoms with Gasteiger partial charge in [0.1, 0.15) is 8.07 Å². The molecular formula is C18H30Si. The number of hydrogen-bond acceptors (Lipinski definition) is 0. The molecule has 0 fully saturated rings. The van der Waals surface area contributed by atoms with Gasteiger partial charge in [0.2, 0.25) is 0 Å². The zero-order chi connectivity index (χ0) is 15.1. The molecule has 0 aliphatic rings. The van der Waals surface area contributed by atoms with Gasteiger partial charge < -0.3 is 0 Å². The minimum atomic E-state index is -1.83. The maximum atomic E-state index is 3.19. The van der Waals surface area contributed by atoms with Crippen LogP contribution in [0.2, 0.25) is 15.1 Å². The highest BCUT2D eigenvalue weighted by molar-refractivity contribution is 6.98. The Labute approximate surface area is 121 Å². The second-order valence-electron chi connectivity index (χ2n) is 8.72. The summed E-state index contributed by atoms with van der Waals surface area (Å²) in [6.45, 7) is 21.8. The van der Waals surface area contributed by atoms with Gasteiger partial charge in [0, 0.05) is 0 Å². The molecule has 0 N–H and O–H groups in total. The predicted octanol–water partition coefficient (Wildman–Crippen LogP) is 5.34. The van der Waals surface area contributed by atoms with Gasteiger partial charge in [-0.1, -0.05) is 85.7 Å². The van der Waals surface area contributed by atoms with Crippen molar-refractivity contribution >= 4 is 13.3 Å². The van der Waals surface area contributed by atoms with Gasteiger partial charge >= 0.3 is 0 Å². The Bertz CT molecular complexity index is 374. The van der Waals surface area contributed by atoms with Crippen LogP contribution in [0.3, 0.4) is 0 Å². The van der Waals surface area contributed by atoms with Crippen molar-refractivity contribution in [3.63, 3.8) is 0 Å². The average Bonchev–Trinajstić information content (AvgIpc) is 2.12. The van der Waals surface area contributed by atoms with E-state index < -0.39 is 8.07 Å². The molecule has 0 aromatic heterocycles. The highest BCUT2D eigenvalue weighted by Crippen LogP contribution is 2.61. The van der Waals surface area contributed by atoms with E-state index in [9.17, 15) is 0 Å². The zero-order valence-electron chi connectivity index (χ0n) is 14.2. The van der Waals surface area contributed by atoms with Crippen LogP contribution < -0.4 is 5.19 Å². The third-order valence-corrected chi connectivity index (χ3v) is 12.4. The summed E-state index contributed by atoms with van der Waals surface area (Å²) in [5.41, 5.74) is 0. The van der Waals surface area contributed by atoms with Crippen molar-refractivity contribution in [3.05, 3.63) is 30.3 Å². The summed E-state index contributed by atoms with van der Waals surface area (Å²) >= 11 is 0. The minimum absolute atomic E-state index is 0.290. The lowest BCUT2D eigenvalue weighted by Crippen LogP contribution is -2.66. The van der Waals surface area contributed by atoms with Crippen molar-refractivity contribution in [2.75, 3.05) is 0 Å². The number of rotatable bonds is 1. The monoisotopic (exact) mass is 274 g/mol. The van der Waals surface area contributed by atoms with E-state index in [4.69, 9.17) is 0 Å². The van der Waals surface area contributed by atoms with Crippen LogP contribution in [0.5, 0.6) is 0 Å². The molecule has 1 rings (SSSR count). The molecule has 1 heteroatoms. The molecule has 0 nitrogen and oxygen atoms in total. The Morgan fingerprint density at radius 3 is 1.42 bits per heavy atom. The van der Waals surface area contributed by atoms with Crippen molar-refractivity contribution in [1.82, 2.24) is 0 Å². The van der Waals surface area contributed by atoms with Crippen LogP contribution in [0.1, 0.15) is 62.3 Å². The van der Waals surface area contributed by atoms with Gasteiger partial charge in [-0.05, 0) is 27.2 Å². The molecule has 0 spiro atoms. The molecule has 0 bridgehead atoms. The van der Waals surface area contributed by atoms with E-state index in [0.717, 1.165) is 0 Å². The summed E-state index contributed by atoms with van der Waals surface area (Å²) in [4.78, 5) is 0. The van der Waals surface area contributed by atoms with Gasteiger partial charge in [-0.25, -0.2) is 0 Å². The Morgan fingerprint density at radius 2 is 1.16 bits per heavy atom. The van der Waals surface area contributed by atoms with Crippen LogP contribution in [0, 0.1) is 12.1 Å². The maximum Gasteiger partial charge on any atom is 0.103 e. The molecule has 0 heterocycles. The van der Waals surface area contributed by atoms with Crippen molar-refractivity contribution in [2.24, 2.45) is 0 Å². The van der Waals surface area contributed by atoms with Gasteiger partial charge in [0.15, 0.2) is 0 Å². The summed E-state index contributed by atoms with van der Waals surface area (Å²) < 4.78 is 0. The highest BCUT2D eigenvalue weighted by atomic mass is 28.3. The molecule has 1 aromatic carbocycles. The largest absolute Gasteiger partial charge is 0.103 e. The van der Waals surface area contributed by atoms with Crippen LogP contribution >= 0.6 is 0 Å². The highest BCUT2D eigenvalue weighted by Gasteiger charge is 2.60. The lowest BCUT2D eigenvalue weighted by molar-refractivity contribution is 0.547. The summed E-state index contributed by atoms with van der Waals surface area (Å²) in [6.07, 6.45) is 0. The molecular weight excluding hydrogens is 244 g/mol. The fraction of sp³-hybridized carbons (Fsp3) is 0.667. The van der Waals surface area contributed by atoms with E-state index in [2.05, 4.69) is 86.6 Å². The zero-order valence-corrected chi connectivity index (χ0v) is 15.2. The normalized spacial score (nSPS) is 14.6. The molecule has 106 valence electrons. The smallest absolute Gasteiger partial charge is 0.0623 e. The van der Waals surface area contributed by atoms with E-state index in [0.29, 0.717) is 15.1 Å². The van der Waals surface area contributed by atoms with Crippen LogP contribution in [-0.2, 0) is 0 Å². The first-order valence-electron chi connectivity index (χ1n) is 7.24. The molecule has 0 aliphatic carbocycles. The van der Waals surface area contributed by atoms with Crippen LogP contribution in [-0.4, -0.2) is 8.07 Å². The van der Waals surface area contributed by atoms with Crippen molar-refractivity contribution in [1.29, 1.82) is 0 Å². The number of benzene rings is 1. The van der Waals surface area contributed by atoms with E-state index in [1.165, 1.54) is 5.19 Å². The van der Waals surface area contributed by atoms with Gasteiger partial charge in [-0.15, -0.1) is 0 Å². The molecule has 0 aliphatic heterocycles. The molecule has 2 radical (unpaired) electrons. The number of hydrogen-bond donors (Lipinski definition) is 0. The van der Waals surface area contributed by atoms with E-state index in [-0.39, 0.29) is 0 Å². The first-order valence-corrected chi connectivity index (χ1v) is 9.24. The maximum absolute atomic E-state index is 3.19. The molecule has 1 aromatic rings. The summed E-state index contributed by atoms with van der Waals surface area (Å²) in [5.74, 6) is 0. The van der Waals surface area contributed by atoms with Crippen LogP contribution in [0.25, 0.3) is 0 Å². The summed E-state index contributed by atoms with van der Waals surface area (Å²) in [7, 11) is -1.83. The van der Waals surface area contributed by atoms with E-state index >= 15 is 0 Å². The molecule has 19 heavy (non-hydrogen) atoms. The van der Waals surface area contributed by atoms with Gasteiger partial charge in [-0.3, -0.25) is 0 Å². The fourth-order valence-corrected chi connectivity index (χ4v) is 15.2. The first-order chi connectivity index (χ1) is 8.36. The van der Waals surface area contributed by atoms with Crippen molar-refractivity contribution < 1.29 is 0 Å². The second-order valence-corrected chi connectivity index (χ2v) is 15.3. The predicted molar refractivity (Wildman–Crippen MR) is 88.6 cm³/mol. The van der Waals surface area contributed by atoms with Crippen LogP contribution in [0.15, 0.2) is 18.2 Å². The quantitative estimate of drug-likeness (QED) is 0.606. The second kappa shape index (κ2) is 4.77. The Kier molecular flexibility index (Phi) is 4.14. The molecule has 0 saturated carbocycles. The van der Waals surface area contributed by atoms with Crippen LogP contribution in [0.4, 0.5) is 0 Å². The Hall–Kier alpha value is -0.563. The van der Waals surface area contributed by atoms with E-state index in [1.807, 2.05) is 6.07 Å². The molecule has 0 amide bonds. The van der Waals surface area contributed by atoms with E-state index in [1.54, 1.807) is 0 Å². The lowest BCUT2D eigenvalue weighted by Gasteiger charge is -2.59. The Balaban J connectivity index is 3.76. The first kappa shape index (κ1) is 16.5. The van der Waals surface area contributed by atoms with Gasteiger partial charge in [-0.2, -0.15) is 0 Å². The van der Waals surface area contributed by atoms with Gasteiger partial charge in [0.05, 0.1) is 0 Å². The van der Waals surface area contributed by atoms with Gasteiger partial charge in [0.25, 0.3) is 0 Å². The molecule has 0 atom stereocenters.